The van der Waals surface area contributed by atoms with E-state index in [9.17, 15) is 4.79 Å². The molecule has 1 atom stereocenters. The van der Waals surface area contributed by atoms with E-state index in [2.05, 4.69) is 30.3 Å². The number of nitrogens with two attached hydrogens (primary N) is 1. The smallest absolute Gasteiger partial charge is 0.224 e. The summed E-state index contributed by atoms with van der Waals surface area (Å²) < 4.78 is 0. The number of fused-ring (bicyclic) bond motifs is 3. The zero-order valence-electron chi connectivity index (χ0n) is 10.3. The van der Waals surface area contributed by atoms with Gasteiger partial charge in [-0.3, -0.25) is 4.79 Å². The van der Waals surface area contributed by atoms with Gasteiger partial charge in [-0.05, 0) is 41.2 Å². The summed E-state index contributed by atoms with van der Waals surface area (Å²) in [5, 5.41) is 0. The van der Waals surface area contributed by atoms with Crippen LogP contribution in [0.1, 0.15) is 29.5 Å². The van der Waals surface area contributed by atoms with Crippen molar-refractivity contribution in [1.29, 1.82) is 0 Å². The van der Waals surface area contributed by atoms with Crippen molar-refractivity contribution in [3.8, 4) is 11.1 Å². The van der Waals surface area contributed by atoms with Crippen molar-refractivity contribution in [2.75, 3.05) is 0 Å². The van der Waals surface area contributed by atoms with E-state index >= 15 is 0 Å². The number of carbonyl (C=O) groups excluding carboxylic acids is 1. The lowest BCUT2D eigenvalue weighted by Gasteiger charge is -2.12. The predicted octanol–water partition coefficient (Wildman–Crippen LogP) is 2.85. The van der Waals surface area contributed by atoms with Crippen molar-refractivity contribution in [1.82, 2.24) is 0 Å². The fourth-order valence-electron chi connectivity index (χ4n) is 2.74. The van der Waals surface area contributed by atoms with Gasteiger partial charge < -0.3 is 5.73 Å². The Morgan fingerprint density at radius 3 is 2.61 bits per heavy atom. The third-order valence-corrected chi connectivity index (χ3v) is 3.78. The van der Waals surface area contributed by atoms with Gasteiger partial charge in [0.15, 0.2) is 0 Å². The third kappa shape index (κ3) is 1.53. The van der Waals surface area contributed by atoms with Crippen LogP contribution >= 0.6 is 0 Å². The molecule has 18 heavy (non-hydrogen) atoms. The summed E-state index contributed by atoms with van der Waals surface area (Å²) >= 11 is 0. The summed E-state index contributed by atoms with van der Waals surface area (Å²) in [5.74, 6) is -0.492. The fraction of sp³-hybridized carbons (Fsp3) is 0.188. The first kappa shape index (κ1) is 11.0. The molecule has 0 spiro atoms. The van der Waals surface area contributed by atoms with Crippen molar-refractivity contribution in [2.45, 2.75) is 19.3 Å². The maximum atomic E-state index is 11.4. The van der Waals surface area contributed by atoms with Crippen molar-refractivity contribution >= 4 is 5.91 Å². The Kier molecular flexibility index (Phi) is 2.44. The number of hydrogen-bond acceptors (Lipinski definition) is 1. The molecule has 0 bridgehead atoms. The molecule has 0 fully saturated rings. The maximum Gasteiger partial charge on any atom is 0.224 e. The number of primary amides is 1. The van der Waals surface area contributed by atoms with Crippen LogP contribution in [0.2, 0.25) is 0 Å². The van der Waals surface area contributed by atoms with E-state index in [4.69, 9.17) is 5.73 Å². The van der Waals surface area contributed by atoms with E-state index in [0.29, 0.717) is 0 Å². The lowest BCUT2D eigenvalue weighted by molar-refractivity contribution is -0.119. The van der Waals surface area contributed by atoms with Crippen LogP contribution in [-0.2, 0) is 11.2 Å². The lowest BCUT2D eigenvalue weighted by Crippen LogP contribution is -2.19. The minimum absolute atomic E-state index is 0.228. The van der Waals surface area contributed by atoms with Crippen LogP contribution in [0.15, 0.2) is 42.5 Å². The number of amides is 1. The highest BCUT2D eigenvalue weighted by Gasteiger charge is 2.24. The van der Waals surface area contributed by atoms with Crippen molar-refractivity contribution < 1.29 is 4.79 Å². The van der Waals surface area contributed by atoms with Gasteiger partial charge in [0.2, 0.25) is 5.91 Å². The second kappa shape index (κ2) is 3.98. The highest BCUT2D eigenvalue weighted by molar-refractivity contribution is 5.85. The first-order valence-electron chi connectivity index (χ1n) is 6.18. The minimum atomic E-state index is -0.264. The maximum absolute atomic E-state index is 11.4. The molecule has 0 heterocycles. The number of rotatable bonds is 2. The highest BCUT2D eigenvalue weighted by atomic mass is 16.1. The van der Waals surface area contributed by atoms with Crippen molar-refractivity contribution in [2.24, 2.45) is 5.73 Å². The molecule has 1 aliphatic rings. The Morgan fingerprint density at radius 1 is 1.11 bits per heavy atom. The molecule has 0 aromatic heterocycles. The Labute approximate surface area is 106 Å². The van der Waals surface area contributed by atoms with Crippen LogP contribution in [0.4, 0.5) is 0 Å². The van der Waals surface area contributed by atoms with Gasteiger partial charge in [0.25, 0.3) is 0 Å². The Hall–Kier alpha value is -2.09. The zero-order chi connectivity index (χ0) is 12.7. The summed E-state index contributed by atoms with van der Waals surface area (Å²) in [7, 11) is 0. The molecule has 2 N–H and O–H groups in total. The molecule has 3 rings (SSSR count). The van der Waals surface area contributed by atoms with E-state index in [1.54, 1.807) is 0 Å². The number of hydrogen-bond donors (Lipinski definition) is 1. The van der Waals surface area contributed by atoms with Gasteiger partial charge in [-0.15, -0.1) is 0 Å². The van der Waals surface area contributed by atoms with E-state index in [1.807, 2.05) is 19.1 Å². The molecule has 2 aromatic carbocycles. The average molecular weight is 237 g/mol. The van der Waals surface area contributed by atoms with Crippen LogP contribution in [0, 0.1) is 0 Å². The SMILES string of the molecule is CC(C(N)=O)c1cccc2c1Cc1ccccc1-2. The fourth-order valence-corrected chi connectivity index (χ4v) is 2.74. The summed E-state index contributed by atoms with van der Waals surface area (Å²) in [6.07, 6.45) is 0.902. The van der Waals surface area contributed by atoms with Crippen LogP contribution in [0.5, 0.6) is 0 Å². The lowest BCUT2D eigenvalue weighted by atomic mass is 9.92. The zero-order valence-corrected chi connectivity index (χ0v) is 10.3. The normalized spacial score (nSPS) is 13.8. The summed E-state index contributed by atoms with van der Waals surface area (Å²) in [6.45, 7) is 1.88. The molecule has 0 saturated carbocycles. The molecular weight excluding hydrogens is 222 g/mol. The molecule has 1 aliphatic carbocycles. The number of carbonyl (C=O) groups is 1. The van der Waals surface area contributed by atoms with E-state index in [-0.39, 0.29) is 11.8 Å². The van der Waals surface area contributed by atoms with Crippen LogP contribution in [0.3, 0.4) is 0 Å². The molecule has 1 unspecified atom stereocenters. The molecule has 2 nitrogen and oxygen atoms in total. The summed E-state index contributed by atoms with van der Waals surface area (Å²) in [4.78, 5) is 11.4. The first-order chi connectivity index (χ1) is 8.68. The number of benzene rings is 2. The predicted molar refractivity (Wildman–Crippen MR) is 72.3 cm³/mol. The Morgan fingerprint density at radius 2 is 1.83 bits per heavy atom. The molecule has 2 aromatic rings. The van der Waals surface area contributed by atoms with Gasteiger partial charge in [-0.1, -0.05) is 42.5 Å². The summed E-state index contributed by atoms with van der Waals surface area (Å²) in [5.41, 5.74) is 11.6. The standard InChI is InChI=1S/C16H15NO/c1-10(16(17)18)12-7-4-8-14-13-6-3-2-5-11(13)9-15(12)14/h2-8,10H,9H2,1H3,(H2,17,18). The van der Waals surface area contributed by atoms with Gasteiger partial charge in [0.05, 0.1) is 5.92 Å². The summed E-state index contributed by atoms with van der Waals surface area (Å²) in [6, 6.07) is 14.5. The topological polar surface area (TPSA) is 43.1 Å². The van der Waals surface area contributed by atoms with Crippen LogP contribution in [0.25, 0.3) is 11.1 Å². The van der Waals surface area contributed by atoms with Gasteiger partial charge in [-0.2, -0.15) is 0 Å². The molecular formula is C16H15NO. The average Bonchev–Trinajstić information content (AvgIpc) is 2.76. The van der Waals surface area contributed by atoms with Crippen molar-refractivity contribution in [3.63, 3.8) is 0 Å². The minimum Gasteiger partial charge on any atom is -0.369 e. The molecule has 2 heteroatoms. The van der Waals surface area contributed by atoms with Gasteiger partial charge in [-0.25, -0.2) is 0 Å². The second-order valence-electron chi connectivity index (χ2n) is 4.83. The van der Waals surface area contributed by atoms with Gasteiger partial charge >= 0.3 is 0 Å². The molecule has 1 amide bonds. The molecule has 90 valence electrons. The third-order valence-electron chi connectivity index (χ3n) is 3.78. The Bertz CT molecular complexity index is 631. The highest BCUT2D eigenvalue weighted by Crippen LogP contribution is 2.39. The first-order valence-corrected chi connectivity index (χ1v) is 6.18. The molecule has 0 saturated heterocycles. The van der Waals surface area contributed by atoms with E-state index < -0.39 is 0 Å². The van der Waals surface area contributed by atoms with E-state index in [0.717, 1.165) is 12.0 Å². The second-order valence-corrected chi connectivity index (χ2v) is 4.83. The Balaban J connectivity index is 2.17. The van der Waals surface area contributed by atoms with Crippen LogP contribution < -0.4 is 5.73 Å². The van der Waals surface area contributed by atoms with E-state index in [1.165, 1.54) is 22.3 Å². The van der Waals surface area contributed by atoms with Gasteiger partial charge in [0.1, 0.15) is 0 Å². The van der Waals surface area contributed by atoms with Crippen LogP contribution in [-0.4, -0.2) is 5.91 Å². The molecule has 0 radical (unpaired) electrons. The molecule has 0 aliphatic heterocycles. The quantitative estimate of drug-likeness (QED) is 0.731. The monoisotopic (exact) mass is 237 g/mol. The van der Waals surface area contributed by atoms with Crippen molar-refractivity contribution in [3.05, 3.63) is 59.2 Å². The van der Waals surface area contributed by atoms with Gasteiger partial charge in [0, 0.05) is 0 Å². The largest absolute Gasteiger partial charge is 0.369 e.